The topological polar surface area (TPSA) is 213 Å². The minimum atomic E-state index is -3.67. The van der Waals surface area contributed by atoms with Gasteiger partial charge in [-0.05, 0) is 43.0 Å². The van der Waals surface area contributed by atoms with E-state index >= 15 is 0 Å². The summed E-state index contributed by atoms with van der Waals surface area (Å²) < 4.78 is 25.9. The molecule has 3 rings (SSSR count). The van der Waals surface area contributed by atoms with Gasteiger partial charge in [0, 0.05) is 19.1 Å². The molecule has 10 nitrogen and oxygen atoms in total. The molecule has 1 saturated heterocycles. The Morgan fingerprint density at radius 2 is 1.38 bits per heavy atom. The Bertz CT molecular complexity index is 860. The van der Waals surface area contributed by atoms with Crippen molar-refractivity contribution in [1.29, 1.82) is 0 Å². The molecule has 0 aromatic heterocycles. The number of nitrogens with zero attached hydrogens (tertiary/aromatic N) is 1. The zero-order chi connectivity index (χ0) is 21.7. The number of rotatable bonds is 4. The Morgan fingerprint density at radius 1 is 0.938 bits per heavy atom. The van der Waals surface area contributed by atoms with E-state index in [1.54, 1.807) is 24.3 Å². The van der Waals surface area contributed by atoms with E-state index in [0.717, 1.165) is 24.2 Å². The lowest BCUT2D eigenvalue weighted by molar-refractivity contribution is -0.0501. The summed E-state index contributed by atoms with van der Waals surface area (Å²) >= 11 is 0. The van der Waals surface area contributed by atoms with E-state index in [2.05, 4.69) is 4.90 Å². The summed E-state index contributed by atoms with van der Waals surface area (Å²) in [4.78, 5) is 2.22. The second-order valence-electron chi connectivity index (χ2n) is 7.44. The average Bonchev–Trinajstić information content (AvgIpc) is 2.67. The highest BCUT2D eigenvalue weighted by molar-refractivity contribution is 7.85. The molecule has 0 radical (unpaired) electrons. The van der Waals surface area contributed by atoms with Gasteiger partial charge in [0.25, 0.3) is 10.1 Å². The molecule has 0 saturated carbocycles. The van der Waals surface area contributed by atoms with Gasteiger partial charge in [0.1, 0.15) is 5.75 Å². The van der Waals surface area contributed by atoms with Crippen LogP contribution < -0.4 is 0 Å². The number of hydrogen-bond acceptors (Lipinski definition) is 6. The van der Waals surface area contributed by atoms with Gasteiger partial charge in [0.2, 0.25) is 0 Å². The summed E-state index contributed by atoms with van der Waals surface area (Å²) in [7, 11) is -3.67. The van der Waals surface area contributed by atoms with E-state index in [1.807, 2.05) is 37.3 Å². The van der Waals surface area contributed by atoms with Crippen molar-refractivity contribution < 1.29 is 44.7 Å². The molecular weight excluding hydrogens is 442 g/mol. The van der Waals surface area contributed by atoms with Crippen LogP contribution in [0.15, 0.2) is 54.6 Å². The lowest BCUT2D eigenvalue weighted by Crippen LogP contribution is -2.47. The fraction of sp³-hybridized carbons (Fsp3) is 0.429. The van der Waals surface area contributed by atoms with E-state index in [1.165, 1.54) is 0 Å². The zero-order valence-corrected chi connectivity index (χ0v) is 19.0. The minimum Gasteiger partial charge on any atom is -0.508 e. The third kappa shape index (κ3) is 9.59. The van der Waals surface area contributed by atoms with Crippen molar-refractivity contribution >= 4 is 10.1 Å². The van der Waals surface area contributed by atoms with Crippen molar-refractivity contribution in [3.8, 4) is 5.75 Å². The maximum atomic E-state index is 10.9. The number of aromatic hydroxyl groups is 1. The van der Waals surface area contributed by atoms with Crippen LogP contribution >= 0.6 is 0 Å². The second-order valence-corrected chi connectivity index (χ2v) is 8.91. The van der Waals surface area contributed by atoms with Crippen LogP contribution in [-0.4, -0.2) is 75.0 Å². The van der Waals surface area contributed by atoms with E-state index in [0.29, 0.717) is 19.1 Å². The monoisotopic (exact) mass is 477 g/mol. The van der Waals surface area contributed by atoms with Crippen molar-refractivity contribution in [2.24, 2.45) is 0 Å². The molecule has 2 atom stereocenters. The fourth-order valence-corrected chi connectivity index (χ4v) is 3.49. The van der Waals surface area contributed by atoms with Crippen LogP contribution in [0.25, 0.3) is 0 Å². The predicted octanol–water partition coefficient (Wildman–Crippen LogP) is -0.172. The predicted molar refractivity (Wildman–Crippen MR) is 122 cm³/mol. The number of phenolic OH excluding ortho intramolecular Hbond substituents is 1. The largest absolute Gasteiger partial charge is 0.508 e. The zero-order valence-electron chi connectivity index (χ0n) is 18.1. The molecule has 1 aliphatic heterocycles. The van der Waals surface area contributed by atoms with Crippen molar-refractivity contribution in [3.63, 3.8) is 0 Å². The van der Waals surface area contributed by atoms with Crippen LogP contribution in [0.1, 0.15) is 37.0 Å². The Kier molecular flexibility index (Phi) is 13.5. The first-order valence-corrected chi connectivity index (χ1v) is 11.3. The third-order valence-corrected chi connectivity index (χ3v) is 5.20. The van der Waals surface area contributed by atoms with Crippen molar-refractivity contribution in [1.82, 2.24) is 4.90 Å². The summed E-state index contributed by atoms with van der Waals surface area (Å²) in [5.74, 6) is 0.199. The number of aliphatic hydroxyl groups is 2. The van der Waals surface area contributed by atoms with Gasteiger partial charge in [-0.25, -0.2) is 0 Å². The fourth-order valence-electron chi connectivity index (χ4n) is 3.49. The molecule has 2 aromatic rings. The summed E-state index contributed by atoms with van der Waals surface area (Å²) in [5.41, 5.74) is 0.988. The number of likely N-dealkylation sites (tertiary alicyclic amines) is 1. The van der Waals surface area contributed by atoms with Crippen LogP contribution in [0.2, 0.25) is 0 Å². The van der Waals surface area contributed by atoms with Gasteiger partial charge in [-0.1, -0.05) is 42.5 Å². The van der Waals surface area contributed by atoms with E-state index < -0.39 is 21.8 Å². The van der Waals surface area contributed by atoms with Crippen LogP contribution in [0, 0.1) is 0 Å². The SMILES string of the molecule is CC(C(O)c1ccc(O)cc1)N1CCC(O)(c2ccccc2)CC1.CS(=O)(=O)O.O.O.O. The van der Waals surface area contributed by atoms with E-state index in [-0.39, 0.29) is 28.2 Å². The van der Waals surface area contributed by atoms with Gasteiger partial charge in [0.05, 0.1) is 18.0 Å². The van der Waals surface area contributed by atoms with Gasteiger partial charge in [0.15, 0.2) is 0 Å². The number of piperidine rings is 1. The lowest BCUT2D eigenvalue weighted by Gasteiger charge is -2.42. The molecule has 11 heteroatoms. The molecule has 0 aliphatic carbocycles. The Morgan fingerprint density at radius 3 is 1.81 bits per heavy atom. The summed E-state index contributed by atoms with van der Waals surface area (Å²) in [6.45, 7) is 3.48. The Hall–Kier alpha value is -2.09. The van der Waals surface area contributed by atoms with Gasteiger partial charge in [-0.15, -0.1) is 0 Å². The molecule has 10 N–H and O–H groups in total. The maximum Gasteiger partial charge on any atom is 0.261 e. The second kappa shape index (κ2) is 13.5. The quantitative estimate of drug-likeness (QED) is 0.436. The van der Waals surface area contributed by atoms with Crippen LogP contribution in [0.4, 0.5) is 0 Å². The smallest absolute Gasteiger partial charge is 0.261 e. The standard InChI is InChI=1S/C20H25NO3.CH4O3S.3H2O/c1-15(19(23)16-7-9-18(22)10-8-16)21-13-11-20(24,12-14-21)17-5-3-2-4-6-17;1-5(2,3)4;;;/h2-10,15,19,22-24H,11-14H2,1H3;1H3,(H,2,3,4);3*1H2. The van der Waals surface area contributed by atoms with Crippen molar-refractivity contribution in [2.75, 3.05) is 19.3 Å². The normalized spacial score (nSPS) is 17.2. The third-order valence-electron chi connectivity index (χ3n) is 5.20. The van der Waals surface area contributed by atoms with E-state index in [9.17, 15) is 23.7 Å². The first-order chi connectivity index (χ1) is 13.5. The summed E-state index contributed by atoms with van der Waals surface area (Å²) in [6, 6.07) is 16.5. The molecule has 2 aromatic carbocycles. The average molecular weight is 478 g/mol. The molecular formula is C21H35NO9S. The van der Waals surface area contributed by atoms with E-state index in [4.69, 9.17) is 4.55 Å². The van der Waals surface area contributed by atoms with Gasteiger partial charge < -0.3 is 31.7 Å². The molecule has 1 heterocycles. The molecule has 0 bridgehead atoms. The Labute approximate surface area is 188 Å². The summed E-state index contributed by atoms with van der Waals surface area (Å²) in [5, 5.41) is 30.9. The first-order valence-electron chi connectivity index (χ1n) is 9.41. The maximum absolute atomic E-state index is 10.9. The molecule has 2 unspecified atom stereocenters. The lowest BCUT2D eigenvalue weighted by atomic mass is 9.83. The number of benzene rings is 2. The van der Waals surface area contributed by atoms with Crippen LogP contribution in [-0.2, 0) is 15.7 Å². The van der Waals surface area contributed by atoms with Crippen molar-refractivity contribution in [2.45, 2.75) is 37.5 Å². The molecule has 32 heavy (non-hydrogen) atoms. The molecule has 184 valence electrons. The highest BCUT2D eigenvalue weighted by atomic mass is 32.2. The first kappa shape index (κ1) is 32.1. The molecule has 0 spiro atoms. The van der Waals surface area contributed by atoms with Gasteiger partial charge in [-0.2, -0.15) is 8.42 Å². The molecule has 1 fully saturated rings. The van der Waals surface area contributed by atoms with Crippen molar-refractivity contribution in [3.05, 3.63) is 65.7 Å². The summed E-state index contributed by atoms with van der Waals surface area (Å²) in [6.07, 6.45) is 1.41. The van der Waals surface area contributed by atoms with Gasteiger partial charge in [-0.3, -0.25) is 9.45 Å². The Balaban J connectivity index is 0. The highest BCUT2D eigenvalue weighted by Crippen LogP contribution is 2.34. The highest BCUT2D eigenvalue weighted by Gasteiger charge is 2.36. The number of phenols is 1. The number of hydrogen-bond donors (Lipinski definition) is 4. The molecule has 1 aliphatic rings. The van der Waals surface area contributed by atoms with Gasteiger partial charge >= 0.3 is 0 Å². The van der Waals surface area contributed by atoms with Crippen LogP contribution in [0.5, 0.6) is 5.75 Å². The molecule has 0 amide bonds. The minimum absolute atomic E-state index is 0. The van der Waals surface area contributed by atoms with Crippen LogP contribution in [0.3, 0.4) is 0 Å². The number of aliphatic hydroxyl groups excluding tert-OH is 1.